The minimum Gasteiger partial charge on any atom is -0.497 e. The molecule has 0 unspecified atom stereocenters. The van der Waals surface area contributed by atoms with Gasteiger partial charge in [-0.15, -0.1) is 0 Å². The summed E-state index contributed by atoms with van der Waals surface area (Å²) in [6, 6.07) is 10.7. The van der Waals surface area contributed by atoms with Crippen molar-refractivity contribution < 1.29 is 9.53 Å². The van der Waals surface area contributed by atoms with Crippen molar-refractivity contribution in [1.29, 1.82) is 0 Å². The van der Waals surface area contributed by atoms with Crippen LogP contribution in [0.1, 0.15) is 36.3 Å². The molecule has 0 heterocycles. The van der Waals surface area contributed by atoms with Crippen LogP contribution in [0.4, 0.5) is 0 Å². The Bertz CT molecular complexity index is 702. The van der Waals surface area contributed by atoms with E-state index in [1.165, 1.54) is 21.9 Å². The number of aryl methyl sites for hydroxylation is 1. The third kappa shape index (κ3) is 1.67. The van der Waals surface area contributed by atoms with Crippen molar-refractivity contribution in [2.75, 3.05) is 7.11 Å². The second kappa shape index (κ2) is 4.34. The first-order chi connectivity index (χ1) is 9.76. The average molecular weight is 266 g/mol. The van der Waals surface area contributed by atoms with Crippen molar-refractivity contribution in [1.82, 2.24) is 0 Å². The first kappa shape index (κ1) is 12.0. The van der Waals surface area contributed by atoms with Crippen molar-refractivity contribution in [3.8, 4) is 5.75 Å². The van der Waals surface area contributed by atoms with Gasteiger partial charge in [-0.25, -0.2) is 0 Å². The van der Waals surface area contributed by atoms with Crippen LogP contribution in [0.25, 0.3) is 10.8 Å². The molecule has 2 nitrogen and oxygen atoms in total. The zero-order valence-corrected chi connectivity index (χ0v) is 11.7. The molecule has 2 aromatic carbocycles. The molecule has 2 heteroatoms. The van der Waals surface area contributed by atoms with Crippen molar-refractivity contribution >= 4 is 16.6 Å². The first-order valence-electron chi connectivity index (χ1n) is 7.37. The number of ketones is 1. The van der Waals surface area contributed by atoms with Gasteiger partial charge in [-0.1, -0.05) is 18.2 Å². The van der Waals surface area contributed by atoms with E-state index in [0.29, 0.717) is 17.6 Å². The Labute approximate surface area is 118 Å². The van der Waals surface area contributed by atoms with E-state index in [1.54, 1.807) is 7.11 Å². The minimum atomic E-state index is 0.447. The molecule has 4 rings (SSSR count). The van der Waals surface area contributed by atoms with Gasteiger partial charge in [0.1, 0.15) is 11.5 Å². The van der Waals surface area contributed by atoms with Gasteiger partial charge in [0.05, 0.1) is 7.11 Å². The number of benzene rings is 2. The number of fused-ring (bicyclic) bond motifs is 5. The van der Waals surface area contributed by atoms with E-state index in [9.17, 15) is 4.79 Å². The summed E-state index contributed by atoms with van der Waals surface area (Å²) >= 11 is 0. The molecule has 0 aliphatic heterocycles. The molecule has 20 heavy (non-hydrogen) atoms. The standard InChI is InChI=1S/C18H18O2/c1-20-14-4-7-15-12(9-14)3-6-17-16(15)5-2-11-8-13(19)10-18(11)17/h3-4,6-7,9,11,18H,2,5,8,10H2,1H3/t11-,18-/m1/s1. The van der Waals surface area contributed by atoms with Crippen LogP contribution in [0.2, 0.25) is 0 Å². The summed E-state index contributed by atoms with van der Waals surface area (Å²) in [5.74, 6) is 2.41. The second-order valence-electron chi connectivity index (χ2n) is 6.07. The summed E-state index contributed by atoms with van der Waals surface area (Å²) in [5, 5.41) is 2.58. The number of methoxy groups -OCH3 is 1. The Hall–Kier alpha value is -1.83. The third-order valence-corrected chi connectivity index (χ3v) is 5.05. The fraction of sp³-hybridized carbons (Fsp3) is 0.389. The van der Waals surface area contributed by atoms with E-state index in [-0.39, 0.29) is 0 Å². The Balaban J connectivity index is 1.88. The zero-order chi connectivity index (χ0) is 13.7. The van der Waals surface area contributed by atoms with E-state index in [2.05, 4.69) is 24.3 Å². The smallest absolute Gasteiger partial charge is 0.133 e. The van der Waals surface area contributed by atoms with Crippen molar-refractivity contribution in [2.45, 2.75) is 31.6 Å². The van der Waals surface area contributed by atoms with E-state index >= 15 is 0 Å². The lowest BCUT2D eigenvalue weighted by molar-refractivity contribution is -0.117. The highest BCUT2D eigenvalue weighted by Crippen LogP contribution is 2.47. The fourth-order valence-electron chi connectivity index (χ4n) is 4.07. The number of hydrogen-bond donors (Lipinski definition) is 0. The van der Waals surface area contributed by atoms with Crippen molar-refractivity contribution in [3.05, 3.63) is 41.5 Å². The number of ether oxygens (including phenoxy) is 1. The van der Waals surface area contributed by atoms with Gasteiger partial charge in [0, 0.05) is 12.8 Å². The Morgan fingerprint density at radius 1 is 1.15 bits per heavy atom. The fourth-order valence-corrected chi connectivity index (χ4v) is 4.07. The molecule has 102 valence electrons. The molecule has 0 N–H and O–H groups in total. The van der Waals surface area contributed by atoms with E-state index in [4.69, 9.17) is 4.74 Å². The van der Waals surface area contributed by atoms with Gasteiger partial charge in [0.2, 0.25) is 0 Å². The van der Waals surface area contributed by atoms with Crippen LogP contribution in [0.15, 0.2) is 30.3 Å². The molecule has 0 bridgehead atoms. The van der Waals surface area contributed by atoms with E-state index in [0.717, 1.165) is 31.4 Å². The van der Waals surface area contributed by atoms with Gasteiger partial charge in [0.15, 0.2) is 0 Å². The molecule has 0 radical (unpaired) electrons. The molecule has 1 saturated carbocycles. The van der Waals surface area contributed by atoms with Gasteiger partial charge in [0.25, 0.3) is 0 Å². The number of hydrogen-bond acceptors (Lipinski definition) is 2. The van der Waals surface area contributed by atoms with Crippen molar-refractivity contribution in [3.63, 3.8) is 0 Å². The lowest BCUT2D eigenvalue weighted by Gasteiger charge is -2.28. The van der Waals surface area contributed by atoms with Gasteiger partial charge < -0.3 is 4.74 Å². The monoisotopic (exact) mass is 266 g/mol. The molecule has 2 aliphatic carbocycles. The Morgan fingerprint density at radius 3 is 2.90 bits per heavy atom. The lowest BCUT2D eigenvalue weighted by atomic mass is 9.75. The third-order valence-electron chi connectivity index (χ3n) is 5.05. The number of carbonyl (C=O) groups excluding carboxylic acids is 1. The predicted molar refractivity (Wildman–Crippen MR) is 79.3 cm³/mol. The first-order valence-corrected chi connectivity index (χ1v) is 7.37. The highest BCUT2D eigenvalue weighted by molar-refractivity contribution is 5.89. The molecule has 0 spiro atoms. The number of rotatable bonds is 1. The van der Waals surface area contributed by atoms with Crippen LogP contribution < -0.4 is 4.74 Å². The van der Waals surface area contributed by atoms with Gasteiger partial charge >= 0.3 is 0 Å². The van der Waals surface area contributed by atoms with Gasteiger partial charge in [-0.3, -0.25) is 4.79 Å². The Kier molecular flexibility index (Phi) is 2.59. The van der Waals surface area contributed by atoms with Crippen LogP contribution >= 0.6 is 0 Å². The average Bonchev–Trinajstić information content (AvgIpc) is 2.86. The molecular formula is C18H18O2. The van der Waals surface area contributed by atoms with Gasteiger partial charge in [-0.05, 0) is 58.7 Å². The molecule has 0 amide bonds. The molecule has 2 aromatic rings. The molecular weight excluding hydrogens is 248 g/mol. The highest BCUT2D eigenvalue weighted by atomic mass is 16.5. The van der Waals surface area contributed by atoms with Crippen LogP contribution in [0.3, 0.4) is 0 Å². The maximum atomic E-state index is 11.7. The summed E-state index contributed by atoms with van der Waals surface area (Å²) in [4.78, 5) is 11.7. The van der Waals surface area contributed by atoms with Crippen LogP contribution in [-0.2, 0) is 11.2 Å². The molecule has 1 fully saturated rings. The summed E-state index contributed by atoms with van der Waals surface area (Å²) in [6.45, 7) is 0. The SMILES string of the molecule is COc1ccc2c3c(ccc2c1)[C@@H]1CC(=O)C[C@H]1CC3. The van der Waals surface area contributed by atoms with Gasteiger partial charge in [-0.2, -0.15) is 0 Å². The minimum absolute atomic E-state index is 0.447. The van der Waals surface area contributed by atoms with Crippen molar-refractivity contribution in [2.24, 2.45) is 5.92 Å². The van der Waals surface area contributed by atoms with Crippen LogP contribution in [0.5, 0.6) is 5.75 Å². The van der Waals surface area contributed by atoms with Crippen LogP contribution in [-0.4, -0.2) is 12.9 Å². The highest BCUT2D eigenvalue weighted by Gasteiger charge is 2.37. The summed E-state index contributed by atoms with van der Waals surface area (Å²) in [5.41, 5.74) is 2.88. The lowest BCUT2D eigenvalue weighted by Crippen LogP contribution is -2.16. The Morgan fingerprint density at radius 2 is 2.05 bits per heavy atom. The normalized spacial score (nSPS) is 24.6. The topological polar surface area (TPSA) is 26.3 Å². The predicted octanol–water partition coefficient (Wildman–Crippen LogP) is 3.86. The number of carbonyl (C=O) groups is 1. The molecule has 2 aliphatic rings. The summed E-state index contributed by atoms with van der Waals surface area (Å²) in [6.07, 6.45) is 3.81. The quantitative estimate of drug-likeness (QED) is 0.783. The second-order valence-corrected chi connectivity index (χ2v) is 6.07. The van der Waals surface area contributed by atoms with E-state index < -0.39 is 0 Å². The largest absolute Gasteiger partial charge is 0.497 e. The van der Waals surface area contributed by atoms with Crippen LogP contribution in [0, 0.1) is 5.92 Å². The maximum Gasteiger partial charge on any atom is 0.133 e. The maximum absolute atomic E-state index is 11.7. The molecule has 0 aromatic heterocycles. The summed E-state index contributed by atoms with van der Waals surface area (Å²) < 4.78 is 5.31. The van der Waals surface area contributed by atoms with E-state index in [1.807, 2.05) is 6.07 Å². The molecule has 0 saturated heterocycles. The number of Topliss-reactive ketones (excluding diaryl/α,β-unsaturated/α-hetero) is 1. The summed E-state index contributed by atoms with van der Waals surface area (Å²) in [7, 11) is 1.70. The molecule has 2 atom stereocenters. The zero-order valence-electron chi connectivity index (χ0n) is 11.7.